The first-order valence-corrected chi connectivity index (χ1v) is 6.49. The number of para-hydroxylation sites is 2. The standard InChI is InChI=1S/C16H14N2O3/c1-11-15(16(19)12-7-3-2-4-8-12)18(21)14-10-6-5-9-13(14)17(11)20/h2-10,20-21H,1H3/q+2. The summed E-state index contributed by atoms with van der Waals surface area (Å²) < 4.78 is 1.74. The summed E-state index contributed by atoms with van der Waals surface area (Å²) in [4.78, 5) is 12.6. The smallest absolute Gasteiger partial charge is 0.284 e. The fraction of sp³-hybridized carbons (Fsp3) is 0.0625. The summed E-state index contributed by atoms with van der Waals surface area (Å²) in [5.41, 5.74) is 1.51. The van der Waals surface area contributed by atoms with Crippen LogP contribution in [-0.2, 0) is 0 Å². The molecule has 5 nitrogen and oxygen atoms in total. The molecule has 0 aliphatic heterocycles. The third-order valence-electron chi connectivity index (χ3n) is 3.46. The second-order valence-corrected chi connectivity index (χ2v) is 4.74. The van der Waals surface area contributed by atoms with E-state index in [9.17, 15) is 15.2 Å². The molecule has 104 valence electrons. The molecule has 0 unspecified atom stereocenters. The van der Waals surface area contributed by atoms with Crippen LogP contribution in [0.3, 0.4) is 0 Å². The summed E-state index contributed by atoms with van der Waals surface area (Å²) in [6.07, 6.45) is 0. The Morgan fingerprint density at radius 3 is 2.00 bits per heavy atom. The summed E-state index contributed by atoms with van der Waals surface area (Å²) in [6, 6.07) is 15.4. The van der Waals surface area contributed by atoms with Gasteiger partial charge in [0.2, 0.25) is 0 Å². The maximum absolute atomic E-state index is 12.6. The van der Waals surface area contributed by atoms with Crippen molar-refractivity contribution in [3.63, 3.8) is 0 Å². The minimum Gasteiger partial charge on any atom is -0.284 e. The Kier molecular flexibility index (Phi) is 3.02. The largest absolute Gasteiger partial charge is 0.376 e. The van der Waals surface area contributed by atoms with Gasteiger partial charge in [-0.3, -0.25) is 15.2 Å². The number of aromatic nitrogens is 2. The molecule has 3 rings (SSSR count). The van der Waals surface area contributed by atoms with Crippen molar-refractivity contribution < 1.29 is 24.7 Å². The second-order valence-electron chi connectivity index (χ2n) is 4.74. The highest BCUT2D eigenvalue weighted by Crippen LogP contribution is 2.12. The van der Waals surface area contributed by atoms with E-state index in [1.807, 2.05) is 6.07 Å². The average Bonchev–Trinajstić information content (AvgIpc) is 2.53. The molecule has 0 fully saturated rings. The van der Waals surface area contributed by atoms with Crippen molar-refractivity contribution in [3.8, 4) is 0 Å². The molecular formula is C16H14N2O3+2. The van der Waals surface area contributed by atoms with Gasteiger partial charge in [0.25, 0.3) is 5.78 Å². The van der Waals surface area contributed by atoms with Crippen molar-refractivity contribution >= 4 is 16.8 Å². The van der Waals surface area contributed by atoms with Gasteiger partial charge in [-0.25, -0.2) is 0 Å². The SMILES string of the molecule is Cc1c(C(=O)c2ccccc2)[n+](O)c2ccccc2[n+]1O. The number of benzene rings is 2. The first kappa shape index (κ1) is 13.1. The molecule has 0 radical (unpaired) electrons. The van der Waals surface area contributed by atoms with E-state index in [0.717, 1.165) is 9.46 Å². The molecule has 0 aliphatic carbocycles. The molecule has 0 saturated carbocycles. The third kappa shape index (κ3) is 1.99. The van der Waals surface area contributed by atoms with Crippen LogP contribution in [0.1, 0.15) is 21.7 Å². The molecule has 5 heteroatoms. The summed E-state index contributed by atoms with van der Waals surface area (Å²) >= 11 is 0. The Labute approximate surface area is 120 Å². The molecule has 0 bridgehead atoms. The van der Waals surface area contributed by atoms with E-state index in [4.69, 9.17) is 0 Å². The lowest BCUT2D eigenvalue weighted by molar-refractivity contribution is -0.924. The Balaban J connectivity index is 2.31. The molecule has 0 spiro atoms. The minimum absolute atomic E-state index is 0.0300. The van der Waals surface area contributed by atoms with Gasteiger partial charge < -0.3 is 0 Å². The number of carbonyl (C=O) groups is 1. The third-order valence-corrected chi connectivity index (χ3v) is 3.46. The fourth-order valence-corrected chi connectivity index (χ4v) is 2.36. The second kappa shape index (κ2) is 4.86. The molecule has 1 heterocycles. The van der Waals surface area contributed by atoms with Gasteiger partial charge in [-0.2, -0.15) is 0 Å². The fourth-order valence-electron chi connectivity index (χ4n) is 2.36. The predicted octanol–water partition coefficient (Wildman–Crippen LogP) is 1.43. The Morgan fingerprint density at radius 1 is 0.857 bits per heavy atom. The molecular weight excluding hydrogens is 268 g/mol. The molecule has 21 heavy (non-hydrogen) atoms. The van der Waals surface area contributed by atoms with Gasteiger partial charge >= 0.3 is 22.4 Å². The van der Waals surface area contributed by atoms with E-state index in [1.54, 1.807) is 55.5 Å². The zero-order valence-corrected chi connectivity index (χ0v) is 11.4. The zero-order valence-electron chi connectivity index (χ0n) is 11.4. The maximum Gasteiger partial charge on any atom is 0.376 e. The van der Waals surface area contributed by atoms with Crippen LogP contribution in [0.2, 0.25) is 0 Å². The van der Waals surface area contributed by atoms with Crippen molar-refractivity contribution in [1.82, 2.24) is 0 Å². The number of carbonyl (C=O) groups excluding carboxylic acids is 1. The van der Waals surface area contributed by atoms with Crippen LogP contribution in [0.5, 0.6) is 0 Å². The first-order valence-electron chi connectivity index (χ1n) is 6.49. The van der Waals surface area contributed by atoms with Crippen molar-refractivity contribution in [1.29, 1.82) is 0 Å². The average molecular weight is 282 g/mol. The van der Waals surface area contributed by atoms with Crippen LogP contribution in [0.4, 0.5) is 0 Å². The quantitative estimate of drug-likeness (QED) is 0.424. The summed E-state index contributed by atoms with van der Waals surface area (Å²) in [6.45, 7) is 1.58. The summed E-state index contributed by atoms with van der Waals surface area (Å²) in [5.74, 6) is -0.357. The highest BCUT2D eigenvalue weighted by atomic mass is 16.5. The number of nitrogens with zero attached hydrogens (tertiary/aromatic N) is 2. The highest BCUT2D eigenvalue weighted by Gasteiger charge is 2.37. The lowest BCUT2D eigenvalue weighted by Crippen LogP contribution is -2.49. The lowest BCUT2D eigenvalue weighted by Gasteiger charge is -2.00. The molecule has 0 amide bonds. The monoisotopic (exact) mass is 282 g/mol. The van der Waals surface area contributed by atoms with Crippen molar-refractivity contribution in [2.75, 3.05) is 0 Å². The van der Waals surface area contributed by atoms with Crippen molar-refractivity contribution in [2.24, 2.45) is 0 Å². The summed E-state index contributed by atoms with van der Waals surface area (Å²) in [7, 11) is 0. The highest BCUT2D eigenvalue weighted by molar-refractivity contribution is 6.07. The summed E-state index contributed by atoms with van der Waals surface area (Å²) in [5, 5.41) is 20.6. The van der Waals surface area contributed by atoms with E-state index >= 15 is 0 Å². The predicted molar refractivity (Wildman–Crippen MR) is 73.3 cm³/mol. The minimum atomic E-state index is -0.357. The number of hydrogen-bond donors (Lipinski definition) is 2. The molecule has 0 saturated heterocycles. The van der Waals surface area contributed by atoms with Gasteiger partial charge in [-0.1, -0.05) is 42.5 Å². The van der Waals surface area contributed by atoms with Crippen LogP contribution in [0.15, 0.2) is 54.6 Å². The maximum atomic E-state index is 12.6. The van der Waals surface area contributed by atoms with E-state index in [2.05, 4.69) is 0 Å². The molecule has 0 atom stereocenters. The van der Waals surface area contributed by atoms with Gasteiger partial charge in [0.15, 0.2) is 0 Å². The van der Waals surface area contributed by atoms with Gasteiger partial charge in [-0.05, 0) is 0 Å². The zero-order chi connectivity index (χ0) is 15.0. The molecule has 2 N–H and O–H groups in total. The van der Waals surface area contributed by atoms with E-state index in [-0.39, 0.29) is 17.2 Å². The number of ketones is 1. The van der Waals surface area contributed by atoms with Crippen LogP contribution in [0.25, 0.3) is 11.0 Å². The number of rotatable bonds is 2. The Hall–Kier alpha value is -2.95. The van der Waals surface area contributed by atoms with Crippen LogP contribution in [0, 0.1) is 6.92 Å². The van der Waals surface area contributed by atoms with Crippen LogP contribution >= 0.6 is 0 Å². The molecule has 0 aliphatic rings. The number of fused-ring (bicyclic) bond motifs is 1. The number of hydrogen-bond acceptors (Lipinski definition) is 3. The van der Waals surface area contributed by atoms with Crippen molar-refractivity contribution in [3.05, 3.63) is 71.5 Å². The van der Waals surface area contributed by atoms with Gasteiger partial charge in [0.05, 0.1) is 0 Å². The Bertz CT molecular complexity index is 845. The lowest BCUT2D eigenvalue weighted by atomic mass is 10.1. The van der Waals surface area contributed by atoms with Gasteiger partial charge in [0.1, 0.15) is 0 Å². The van der Waals surface area contributed by atoms with E-state index < -0.39 is 0 Å². The van der Waals surface area contributed by atoms with E-state index in [0.29, 0.717) is 16.6 Å². The molecule has 2 aromatic carbocycles. The van der Waals surface area contributed by atoms with Gasteiger partial charge in [-0.15, -0.1) is 0 Å². The Morgan fingerprint density at radius 2 is 1.38 bits per heavy atom. The van der Waals surface area contributed by atoms with Crippen LogP contribution < -0.4 is 9.46 Å². The molecule has 1 aromatic heterocycles. The topological polar surface area (TPSA) is 65.3 Å². The van der Waals surface area contributed by atoms with E-state index in [1.165, 1.54) is 0 Å². The van der Waals surface area contributed by atoms with Crippen molar-refractivity contribution in [2.45, 2.75) is 6.92 Å². The normalized spacial score (nSPS) is 10.7. The first-order chi connectivity index (χ1) is 10.1. The van der Waals surface area contributed by atoms with Crippen LogP contribution in [-0.4, -0.2) is 16.2 Å². The molecule has 3 aromatic rings. The van der Waals surface area contributed by atoms with Gasteiger partial charge in [0, 0.05) is 34.1 Å².